The number of furan rings is 1. The van der Waals surface area contributed by atoms with Gasteiger partial charge in [-0.2, -0.15) is 0 Å². The van der Waals surface area contributed by atoms with Crippen molar-refractivity contribution in [1.82, 2.24) is 15.6 Å². The molecule has 1 saturated heterocycles. The Kier molecular flexibility index (Phi) is 7.35. The summed E-state index contributed by atoms with van der Waals surface area (Å²) in [5.74, 6) is 1.11. The van der Waals surface area contributed by atoms with E-state index in [1.807, 2.05) is 12.1 Å². The molecule has 1 fully saturated rings. The van der Waals surface area contributed by atoms with Crippen LogP contribution in [0.5, 0.6) is 0 Å². The van der Waals surface area contributed by atoms with Crippen LogP contribution in [0.25, 0.3) is 10.8 Å². The number of thiazole rings is 1. The summed E-state index contributed by atoms with van der Waals surface area (Å²) in [5, 5.41) is 7.17. The Morgan fingerprint density at radius 2 is 2.32 bits per heavy atom. The summed E-state index contributed by atoms with van der Waals surface area (Å²) in [7, 11) is 0. The van der Waals surface area contributed by atoms with E-state index in [0.29, 0.717) is 16.6 Å². The molecule has 0 saturated carbocycles. The molecule has 0 spiro atoms. The van der Waals surface area contributed by atoms with E-state index in [9.17, 15) is 4.79 Å². The van der Waals surface area contributed by atoms with E-state index in [1.165, 1.54) is 11.3 Å². The number of amides is 1. The van der Waals surface area contributed by atoms with Crippen molar-refractivity contribution >= 4 is 42.1 Å². The maximum absolute atomic E-state index is 12.2. The quantitative estimate of drug-likeness (QED) is 0.879. The third-order valence-electron chi connectivity index (χ3n) is 3.56. The van der Waals surface area contributed by atoms with E-state index in [4.69, 9.17) is 4.42 Å². The van der Waals surface area contributed by atoms with Gasteiger partial charge in [0.05, 0.1) is 12.5 Å². The molecule has 5 nitrogen and oxygen atoms in total. The lowest BCUT2D eigenvalue weighted by molar-refractivity contribution is 0.0918. The Balaban J connectivity index is 0.00000121. The van der Waals surface area contributed by atoms with Crippen LogP contribution in [0.4, 0.5) is 0 Å². The van der Waals surface area contributed by atoms with Crippen LogP contribution in [0.15, 0.2) is 29.0 Å². The van der Waals surface area contributed by atoms with Crippen LogP contribution in [0.3, 0.4) is 0 Å². The van der Waals surface area contributed by atoms with Gasteiger partial charge in [0.25, 0.3) is 5.91 Å². The predicted molar refractivity (Wildman–Crippen MR) is 92.2 cm³/mol. The summed E-state index contributed by atoms with van der Waals surface area (Å²) in [6.45, 7) is 4.05. The fraction of sp³-hybridized carbons (Fsp3) is 0.429. The lowest BCUT2D eigenvalue weighted by atomic mass is 9.95. The van der Waals surface area contributed by atoms with Gasteiger partial charge in [-0.25, -0.2) is 4.98 Å². The first-order valence-corrected chi connectivity index (χ1v) is 7.57. The number of aromatic nitrogens is 1. The van der Waals surface area contributed by atoms with Gasteiger partial charge in [0.15, 0.2) is 10.8 Å². The van der Waals surface area contributed by atoms with E-state index in [1.54, 1.807) is 12.5 Å². The number of nitrogens with zero attached hydrogens (tertiary/aromatic N) is 1. The minimum Gasteiger partial charge on any atom is -0.462 e. The van der Waals surface area contributed by atoms with E-state index in [2.05, 4.69) is 22.5 Å². The number of halogens is 2. The third kappa shape index (κ3) is 4.23. The van der Waals surface area contributed by atoms with Crippen molar-refractivity contribution in [2.45, 2.75) is 19.4 Å². The molecule has 0 bridgehead atoms. The first-order chi connectivity index (χ1) is 9.74. The van der Waals surface area contributed by atoms with Gasteiger partial charge in [-0.1, -0.05) is 6.92 Å². The monoisotopic (exact) mass is 363 g/mol. The number of carbonyl (C=O) groups is 1. The van der Waals surface area contributed by atoms with Crippen LogP contribution in [0.2, 0.25) is 0 Å². The lowest BCUT2D eigenvalue weighted by Gasteiger charge is -2.29. The molecule has 1 aliphatic heterocycles. The maximum atomic E-state index is 12.2. The van der Waals surface area contributed by atoms with E-state index < -0.39 is 0 Å². The second-order valence-electron chi connectivity index (χ2n) is 5.06. The minimum atomic E-state index is -0.0425. The second-order valence-corrected chi connectivity index (χ2v) is 6.09. The molecule has 2 N–H and O–H groups in total. The van der Waals surface area contributed by atoms with Crippen LogP contribution >= 0.6 is 36.2 Å². The molecule has 22 heavy (non-hydrogen) atoms. The number of hydrogen-bond donors (Lipinski definition) is 2. The van der Waals surface area contributed by atoms with Gasteiger partial charge >= 0.3 is 0 Å². The summed E-state index contributed by atoms with van der Waals surface area (Å²) >= 11 is 1.36. The van der Waals surface area contributed by atoms with E-state index in [-0.39, 0.29) is 36.8 Å². The molecule has 3 rings (SSSR count). The van der Waals surface area contributed by atoms with Crippen molar-refractivity contribution in [3.8, 4) is 10.8 Å². The van der Waals surface area contributed by atoms with Crippen molar-refractivity contribution in [2.75, 3.05) is 13.1 Å². The first-order valence-electron chi connectivity index (χ1n) is 6.75. The van der Waals surface area contributed by atoms with Gasteiger partial charge in [-0.15, -0.1) is 36.2 Å². The Morgan fingerprint density at radius 3 is 3.00 bits per heavy atom. The Bertz CT molecular complexity index is 589. The van der Waals surface area contributed by atoms with Crippen LogP contribution < -0.4 is 10.6 Å². The fourth-order valence-electron chi connectivity index (χ4n) is 2.36. The normalized spacial score (nSPS) is 20.6. The smallest absolute Gasteiger partial charge is 0.263 e. The zero-order valence-corrected chi connectivity index (χ0v) is 14.5. The number of hydrogen-bond acceptors (Lipinski definition) is 5. The molecule has 2 atom stereocenters. The van der Waals surface area contributed by atoms with Crippen molar-refractivity contribution in [3.63, 3.8) is 0 Å². The number of piperidine rings is 1. The molecule has 2 unspecified atom stereocenters. The van der Waals surface area contributed by atoms with E-state index in [0.717, 1.165) is 24.5 Å². The highest BCUT2D eigenvalue weighted by atomic mass is 35.5. The van der Waals surface area contributed by atoms with Crippen LogP contribution in [-0.4, -0.2) is 30.0 Å². The molecule has 0 aromatic carbocycles. The Hall–Kier alpha value is -1.08. The van der Waals surface area contributed by atoms with Gasteiger partial charge in [0, 0.05) is 6.04 Å². The van der Waals surface area contributed by atoms with Gasteiger partial charge in [0.2, 0.25) is 0 Å². The standard InChI is InChI=1S/C14H17N3O2S.2ClH/c1-9-7-15-5-4-10(9)17-13(18)12-8-16-14(20-12)11-3-2-6-19-11;;/h2-3,6,8-10,15H,4-5,7H2,1H3,(H,17,18);2*1H. The number of rotatable bonds is 3. The van der Waals surface area contributed by atoms with Crippen molar-refractivity contribution in [1.29, 1.82) is 0 Å². The minimum absolute atomic E-state index is 0. The summed E-state index contributed by atoms with van der Waals surface area (Å²) < 4.78 is 5.29. The lowest BCUT2D eigenvalue weighted by Crippen LogP contribution is -2.48. The highest BCUT2D eigenvalue weighted by molar-refractivity contribution is 7.16. The highest BCUT2D eigenvalue weighted by Crippen LogP contribution is 2.25. The van der Waals surface area contributed by atoms with Crippen molar-refractivity contribution in [2.24, 2.45) is 5.92 Å². The predicted octanol–water partition coefficient (Wildman–Crippen LogP) is 2.97. The first kappa shape index (κ1) is 19.0. The molecular formula is C14H19Cl2N3O2S. The summed E-state index contributed by atoms with van der Waals surface area (Å²) in [6.07, 6.45) is 4.19. The van der Waals surface area contributed by atoms with Gasteiger partial charge in [-0.05, 0) is 37.6 Å². The number of nitrogens with one attached hydrogen (secondary N) is 2. The Labute approximate surface area is 145 Å². The zero-order chi connectivity index (χ0) is 13.9. The van der Waals surface area contributed by atoms with Crippen LogP contribution in [-0.2, 0) is 0 Å². The summed E-state index contributed by atoms with van der Waals surface area (Å²) in [4.78, 5) is 17.1. The van der Waals surface area contributed by atoms with Gasteiger partial charge in [0.1, 0.15) is 4.88 Å². The van der Waals surface area contributed by atoms with Crippen LogP contribution in [0, 0.1) is 5.92 Å². The van der Waals surface area contributed by atoms with E-state index >= 15 is 0 Å². The average Bonchev–Trinajstić information content (AvgIpc) is 3.11. The fourth-order valence-corrected chi connectivity index (χ4v) is 3.15. The van der Waals surface area contributed by atoms with Gasteiger partial charge in [-0.3, -0.25) is 4.79 Å². The SMILES string of the molecule is CC1CNCCC1NC(=O)c1cnc(-c2ccco2)s1.Cl.Cl. The molecule has 1 amide bonds. The third-order valence-corrected chi connectivity index (χ3v) is 4.57. The van der Waals surface area contributed by atoms with Crippen LogP contribution in [0.1, 0.15) is 23.0 Å². The molecule has 0 radical (unpaired) electrons. The number of carbonyl (C=O) groups excluding carboxylic acids is 1. The molecule has 0 aliphatic carbocycles. The molecule has 8 heteroatoms. The average molecular weight is 364 g/mol. The molecular weight excluding hydrogens is 345 g/mol. The molecule has 3 heterocycles. The molecule has 122 valence electrons. The summed E-state index contributed by atoms with van der Waals surface area (Å²) in [6, 6.07) is 3.89. The molecule has 2 aromatic heterocycles. The topological polar surface area (TPSA) is 67.2 Å². The van der Waals surface area contributed by atoms with Gasteiger partial charge < -0.3 is 15.1 Å². The second kappa shape index (κ2) is 8.53. The van der Waals surface area contributed by atoms with Crippen molar-refractivity contribution in [3.05, 3.63) is 29.5 Å². The van der Waals surface area contributed by atoms with Crippen molar-refractivity contribution < 1.29 is 9.21 Å². The maximum Gasteiger partial charge on any atom is 0.263 e. The Morgan fingerprint density at radius 1 is 1.50 bits per heavy atom. The molecule has 1 aliphatic rings. The molecule has 2 aromatic rings. The summed E-state index contributed by atoms with van der Waals surface area (Å²) in [5.41, 5.74) is 0. The largest absolute Gasteiger partial charge is 0.462 e. The zero-order valence-electron chi connectivity index (χ0n) is 12.1. The highest BCUT2D eigenvalue weighted by Gasteiger charge is 2.24.